The number of benzene rings is 2. The van der Waals surface area contributed by atoms with Gasteiger partial charge in [0.1, 0.15) is 5.75 Å². The first-order valence-corrected chi connectivity index (χ1v) is 11.6. The lowest BCUT2D eigenvalue weighted by molar-refractivity contribution is 0.354. The number of thiophene rings is 1. The SMILES string of the molecule is COc1ccc(N=c2scc(-c3cccs3)n2CCc2ccc(OC)c(OC)c2)cc1. The van der Waals surface area contributed by atoms with E-state index in [-0.39, 0.29) is 0 Å². The third-order valence-corrected chi connectivity index (χ3v) is 6.70. The fraction of sp³-hybridized carbons (Fsp3) is 0.208. The number of ether oxygens (including phenoxy) is 3. The Hall–Kier alpha value is -3.03. The lowest BCUT2D eigenvalue weighted by atomic mass is 10.1. The number of rotatable bonds is 8. The maximum Gasteiger partial charge on any atom is 0.190 e. The maximum absolute atomic E-state index is 5.46. The number of hydrogen-bond donors (Lipinski definition) is 0. The second kappa shape index (κ2) is 9.85. The van der Waals surface area contributed by atoms with Crippen LogP contribution in [-0.2, 0) is 13.0 Å². The summed E-state index contributed by atoms with van der Waals surface area (Å²) in [6.07, 6.45) is 0.852. The Morgan fingerprint density at radius 1 is 0.871 bits per heavy atom. The summed E-state index contributed by atoms with van der Waals surface area (Å²) in [4.78, 5) is 7.11. The second-order valence-corrected chi connectivity index (χ2v) is 8.57. The highest BCUT2D eigenvalue weighted by Crippen LogP contribution is 2.29. The largest absolute Gasteiger partial charge is 0.497 e. The van der Waals surface area contributed by atoms with Crippen molar-refractivity contribution in [2.24, 2.45) is 4.99 Å². The van der Waals surface area contributed by atoms with Crippen LogP contribution in [0.15, 0.2) is 70.3 Å². The van der Waals surface area contributed by atoms with Crippen LogP contribution in [0.2, 0.25) is 0 Å². The molecule has 7 heteroatoms. The molecular formula is C24H24N2O3S2. The Labute approximate surface area is 189 Å². The molecule has 5 nitrogen and oxygen atoms in total. The van der Waals surface area contributed by atoms with E-state index in [4.69, 9.17) is 19.2 Å². The molecule has 0 radical (unpaired) electrons. The smallest absolute Gasteiger partial charge is 0.190 e. The Kier molecular flexibility index (Phi) is 6.74. The summed E-state index contributed by atoms with van der Waals surface area (Å²) < 4.78 is 18.4. The summed E-state index contributed by atoms with van der Waals surface area (Å²) in [7, 11) is 4.98. The van der Waals surface area contributed by atoms with E-state index in [9.17, 15) is 0 Å². The highest BCUT2D eigenvalue weighted by atomic mass is 32.1. The number of hydrogen-bond acceptors (Lipinski definition) is 6. The van der Waals surface area contributed by atoms with Crippen LogP contribution in [0, 0.1) is 0 Å². The van der Waals surface area contributed by atoms with E-state index in [1.54, 1.807) is 44.0 Å². The van der Waals surface area contributed by atoms with Crippen LogP contribution < -0.4 is 19.0 Å². The van der Waals surface area contributed by atoms with E-state index < -0.39 is 0 Å². The average molecular weight is 453 g/mol. The zero-order valence-electron chi connectivity index (χ0n) is 17.7. The van der Waals surface area contributed by atoms with Crippen LogP contribution >= 0.6 is 22.7 Å². The maximum atomic E-state index is 5.46. The van der Waals surface area contributed by atoms with Gasteiger partial charge in [0.25, 0.3) is 0 Å². The van der Waals surface area contributed by atoms with E-state index in [1.807, 2.05) is 36.4 Å². The van der Waals surface area contributed by atoms with Crippen molar-refractivity contribution in [3.63, 3.8) is 0 Å². The van der Waals surface area contributed by atoms with Gasteiger partial charge in [-0.15, -0.1) is 22.7 Å². The van der Waals surface area contributed by atoms with Gasteiger partial charge in [-0.1, -0.05) is 12.1 Å². The summed E-state index contributed by atoms with van der Waals surface area (Å²) in [5.74, 6) is 2.31. The fourth-order valence-corrected chi connectivity index (χ4v) is 5.07. The molecule has 160 valence electrons. The molecule has 0 spiro atoms. The molecule has 31 heavy (non-hydrogen) atoms. The van der Waals surface area contributed by atoms with Crippen LogP contribution in [0.25, 0.3) is 10.6 Å². The van der Waals surface area contributed by atoms with Crippen LogP contribution in [0.4, 0.5) is 5.69 Å². The first-order chi connectivity index (χ1) is 15.2. The lowest BCUT2D eigenvalue weighted by Crippen LogP contribution is -2.17. The quantitative estimate of drug-likeness (QED) is 0.340. The van der Waals surface area contributed by atoms with Crippen LogP contribution in [0.5, 0.6) is 17.2 Å². The molecule has 0 aliphatic rings. The molecule has 0 unspecified atom stereocenters. The molecule has 0 bridgehead atoms. The molecular weight excluding hydrogens is 428 g/mol. The molecule has 2 heterocycles. The van der Waals surface area contributed by atoms with E-state index in [0.29, 0.717) is 0 Å². The van der Waals surface area contributed by atoms with E-state index in [2.05, 4.69) is 33.5 Å². The van der Waals surface area contributed by atoms with Crippen LogP contribution in [-0.4, -0.2) is 25.9 Å². The fourth-order valence-electron chi connectivity index (χ4n) is 3.30. The van der Waals surface area contributed by atoms with Crippen molar-refractivity contribution < 1.29 is 14.2 Å². The van der Waals surface area contributed by atoms with Crippen molar-refractivity contribution in [2.45, 2.75) is 13.0 Å². The molecule has 0 atom stereocenters. The van der Waals surface area contributed by atoms with Gasteiger partial charge in [-0.25, -0.2) is 4.99 Å². The van der Waals surface area contributed by atoms with Gasteiger partial charge in [0, 0.05) is 11.9 Å². The monoisotopic (exact) mass is 452 g/mol. The van der Waals surface area contributed by atoms with Gasteiger partial charge in [0.2, 0.25) is 0 Å². The Morgan fingerprint density at radius 3 is 2.35 bits per heavy atom. The van der Waals surface area contributed by atoms with Crippen LogP contribution in [0.1, 0.15) is 5.56 Å². The summed E-state index contributed by atoms with van der Waals surface area (Å²) in [6, 6.07) is 18.1. The van der Waals surface area contributed by atoms with Gasteiger partial charge >= 0.3 is 0 Å². The minimum Gasteiger partial charge on any atom is -0.497 e. The van der Waals surface area contributed by atoms with E-state index in [1.165, 1.54) is 16.1 Å². The second-order valence-electron chi connectivity index (χ2n) is 6.78. The number of methoxy groups -OCH3 is 3. The molecule has 0 amide bonds. The van der Waals surface area contributed by atoms with Gasteiger partial charge in [0.15, 0.2) is 16.3 Å². The Balaban J connectivity index is 1.68. The number of thiazole rings is 1. The average Bonchev–Trinajstić information content (AvgIpc) is 3.48. The number of aryl methyl sites for hydroxylation is 1. The van der Waals surface area contributed by atoms with Crippen molar-refractivity contribution in [3.05, 3.63) is 75.7 Å². The highest BCUT2D eigenvalue weighted by Gasteiger charge is 2.11. The van der Waals surface area contributed by atoms with Gasteiger partial charge in [-0.2, -0.15) is 0 Å². The zero-order valence-corrected chi connectivity index (χ0v) is 19.3. The minimum atomic E-state index is 0.740. The topological polar surface area (TPSA) is 45.0 Å². The van der Waals surface area contributed by atoms with Crippen molar-refractivity contribution in [2.75, 3.05) is 21.3 Å². The molecule has 0 saturated carbocycles. The van der Waals surface area contributed by atoms with Crippen molar-refractivity contribution >= 4 is 28.4 Å². The molecule has 0 aliphatic carbocycles. The van der Waals surface area contributed by atoms with E-state index in [0.717, 1.165) is 40.7 Å². The van der Waals surface area contributed by atoms with E-state index >= 15 is 0 Å². The molecule has 2 aromatic carbocycles. The van der Waals surface area contributed by atoms with Gasteiger partial charge in [-0.3, -0.25) is 0 Å². The molecule has 4 rings (SSSR count). The molecule has 0 fully saturated rings. The first kappa shape index (κ1) is 21.2. The van der Waals surface area contributed by atoms with Crippen molar-refractivity contribution in [1.29, 1.82) is 0 Å². The lowest BCUT2D eigenvalue weighted by Gasteiger charge is -2.11. The summed E-state index contributed by atoms with van der Waals surface area (Å²) in [5.41, 5.74) is 3.27. The molecule has 0 aliphatic heterocycles. The first-order valence-electron chi connectivity index (χ1n) is 9.83. The van der Waals surface area contributed by atoms with Gasteiger partial charge < -0.3 is 18.8 Å². The van der Waals surface area contributed by atoms with Crippen molar-refractivity contribution in [3.8, 4) is 27.8 Å². The predicted molar refractivity (Wildman–Crippen MR) is 127 cm³/mol. The molecule has 0 saturated heterocycles. The standard InChI is InChI=1S/C24H24N2O3S2/c1-27-19-9-7-18(8-10-19)25-24-26(20(16-31-24)23-5-4-14-30-23)13-12-17-6-11-21(28-2)22(15-17)29-3/h4-11,14-16H,12-13H2,1-3H3. The molecule has 2 aromatic heterocycles. The minimum absolute atomic E-state index is 0.740. The Bertz CT molecular complexity index is 1190. The van der Waals surface area contributed by atoms with Crippen LogP contribution in [0.3, 0.4) is 0 Å². The summed E-state index contributed by atoms with van der Waals surface area (Å²) >= 11 is 3.39. The van der Waals surface area contributed by atoms with Crippen molar-refractivity contribution in [1.82, 2.24) is 4.57 Å². The third kappa shape index (κ3) is 4.84. The summed E-state index contributed by atoms with van der Waals surface area (Å²) in [6.45, 7) is 0.807. The Morgan fingerprint density at radius 2 is 1.68 bits per heavy atom. The third-order valence-electron chi connectivity index (χ3n) is 4.94. The summed E-state index contributed by atoms with van der Waals surface area (Å²) in [5, 5.41) is 4.29. The predicted octanol–water partition coefficient (Wildman–Crippen LogP) is 5.78. The zero-order chi connectivity index (χ0) is 21.6. The van der Waals surface area contributed by atoms with Gasteiger partial charge in [-0.05, 0) is 59.8 Å². The number of nitrogens with zero attached hydrogens (tertiary/aromatic N) is 2. The highest BCUT2D eigenvalue weighted by molar-refractivity contribution is 7.14. The molecule has 0 N–H and O–H groups in total. The van der Waals surface area contributed by atoms with Gasteiger partial charge in [0.05, 0.1) is 37.6 Å². The molecule has 4 aromatic rings. The normalized spacial score (nSPS) is 11.5. The number of aromatic nitrogens is 1.